The Morgan fingerprint density at radius 3 is 2.26 bits per heavy atom. The van der Waals surface area contributed by atoms with Gasteiger partial charge in [0.2, 0.25) is 0 Å². The highest BCUT2D eigenvalue weighted by atomic mass is 32.2. The van der Waals surface area contributed by atoms with Gasteiger partial charge in [0.05, 0.1) is 0 Å². The van der Waals surface area contributed by atoms with Crippen LogP contribution in [0.1, 0.15) is 40.5 Å². The number of rotatable bonds is 7. The normalized spacial score (nSPS) is 20.9. The van der Waals surface area contributed by atoms with Gasteiger partial charge in [-0.1, -0.05) is 20.8 Å². The summed E-state index contributed by atoms with van der Waals surface area (Å²) in [6, 6.07) is -0.0236. The molecule has 1 unspecified atom stereocenters. The Labute approximate surface area is 118 Å². The van der Waals surface area contributed by atoms with Gasteiger partial charge < -0.3 is 5.32 Å². The molecule has 0 bridgehead atoms. The molecule has 0 amide bonds. The van der Waals surface area contributed by atoms with Crippen molar-refractivity contribution in [3.63, 3.8) is 0 Å². The lowest BCUT2D eigenvalue weighted by atomic mass is 9.98. The van der Waals surface area contributed by atoms with E-state index in [4.69, 9.17) is 0 Å². The highest BCUT2D eigenvalue weighted by Gasteiger charge is 2.29. The Morgan fingerprint density at radius 1 is 1.21 bits per heavy atom. The van der Waals surface area contributed by atoms with Crippen LogP contribution in [0, 0.1) is 11.8 Å². The maximum Gasteiger partial charge on any atom is 0.279 e. The predicted molar refractivity (Wildman–Crippen MR) is 79.2 cm³/mol. The van der Waals surface area contributed by atoms with E-state index in [1.54, 1.807) is 4.31 Å². The Kier molecular flexibility index (Phi) is 6.73. The largest absolute Gasteiger partial charge is 0.317 e. The highest BCUT2D eigenvalue weighted by molar-refractivity contribution is 7.87. The standard InChI is InChI=1S/C13H29N3O2S/c1-5-14-10-13-6-8-16(9-7-13)19(17,18)15-12(4)11(2)3/h11-15H,5-10H2,1-4H3. The zero-order valence-corrected chi connectivity index (χ0v) is 13.5. The van der Waals surface area contributed by atoms with Crippen LogP contribution in [0.2, 0.25) is 0 Å². The molecule has 6 heteroatoms. The fourth-order valence-electron chi connectivity index (χ4n) is 2.15. The van der Waals surface area contributed by atoms with Crippen LogP contribution in [0.15, 0.2) is 0 Å². The van der Waals surface area contributed by atoms with Crippen LogP contribution in [0.3, 0.4) is 0 Å². The minimum Gasteiger partial charge on any atom is -0.317 e. The molecule has 1 fully saturated rings. The molecule has 0 aromatic heterocycles. The minimum atomic E-state index is -3.31. The monoisotopic (exact) mass is 291 g/mol. The lowest BCUT2D eigenvalue weighted by Gasteiger charge is -2.32. The predicted octanol–water partition coefficient (Wildman–Crippen LogP) is 1.19. The fraction of sp³-hybridized carbons (Fsp3) is 1.00. The molecular weight excluding hydrogens is 262 g/mol. The van der Waals surface area contributed by atoms with Crippen molar-refractivity contribution in [1.29, 1.82) is 0 Å². The van der Waals surface area contributed by atoms with Crippen LogP contribution in [-0.2, 0) is 10.2 Å². The van der Waals surface area contributed by atoms with E-state index < -0.39 is 10.2 Å². The van der Waals surface area contributed by atoms with Gasteiger partial charge in [-0.05, 0) is 44.7 Å². The molecule has 1 heterocycles. The number of hydrogen-bond donors (Lipinski definition) is 2. The van der Waals surface area contributed by atoms with Gasteiger partial charge >= 0.3 is 0 Å². The van der Waals surface area contributed by atoms with Gasteiger partial charge in [-0.3, -0.25) is 0 Å². The first-order valence-corrected chi connectivity index (χ1v) is 8.79. The number of piperidine rings is 1. The van der Waals surface area contributed by atoms with Crippen molar-refractivity contribution in [2.45, 2.75) is 46.6 Å². The summed E-state index contributed by atoms with van der Waals surface area (Å²) < 4.78 is 28.8. The average Bonchev–Trinajstić information content (AvgIpc) is 2.36. The van der Waals surface area contributed by atoms with E-state index in [0.717, 1.165) is 25.9 Å². The quantitative estimate of drug-likeness (QED) is 0.740. The molecule has 5 nitrogen and oxygen atoms in total. The molecule has 1 atom stereocenters. The molecule has 0 aromatic rings. The van der Waals surface area contributed by atoms with Gasteiger partial charge in [-0.15, -0.1) is 0 Å². The average molecular weight is 291 g/mol. The Bertz CT molecular complexity index is 349. The molecule has 1 rings (SSSR count). The van der Waals surface area contributed by atoms with Gasteiger partial charge in [-0.2, -0.15) is 17.4 Å². The van der Waals surface area contributed by atoms with Crippen molar-refractivity contribution in [1.82, 2.24) is 14.3 Å². The van der Waals surface area contributed by atoms with E-state index in [9.17, 15) is 8.42 Å². The molecule has 2 N–H and O–H groups in total. The Morgan fingerprint density at radius 2 is 1.79 bits per heavy atom. The molecule has 0 saturated carbocycles. The van der Waals surface area contributed by atoms with Gasteiger partial charge in [0, 0.05) is 19.1 Å². The van der Waals surface area contributed by atoms with Crippen LogP contribution in [0.25, 0.3) is 0 Å². The third-order valence-electron chi connectivity index (χ3n) is 3.93. The first-order chi connectivity index (χ1) is 8.86. The second kappa shape index (κ2) is 7.57. The molecule has 0 aliphatic carbocycles. The van der Waals surface area contributed by atoms with Crippen molar-refractivity contribution in [3.05, 3.63) is 0 Å². The Hall–Kier alpha value is -0.170. The second-order valence-corrected chi connectivity index (χ2v) is 7.51. The summed E-state index contributed by atoms with van der Waals surface area (Å²) in [5.41, 5.74) is 0. The third kappa shape index (κ3) is 5.38. The van der Waals surface area contributed by atoms with Crippen LogP contribution in [-0.4, -0.2) is 44.9 Å². The molecule has 19 heavy (non-hydrogen) atoms. The molecule has 0 aromatic carbocycles. The first-order valence-electron chi connectivity index (χ1n) is 7.35. The SMILES string of the molecule is CCNCC1CCN(S(=O)(=O)NC(C)C(C)C)CC1. The van der Waals surface area contributed by atoms with Crippen molar-refractivity contribution < 1.29 is 8.42 Å². The molecule has 0 radical (unpaired) electrons. The summed E-state index contributed by atoms with van der Waals surface area (Å²) in [6.07, 6.45) is 1.90. The summed E-state index contributed by atoms with van der Waals surface area (Å²) in [4.78, 5) is 0. The topological polar surface area (TPSA) is 61.4 Å². The van der Waals surface area contributed by atoms with Gasteiger partial charge in [0.25, 0.3) is 10.2 Å². The lowest BCUT2D eigenvalue weighted by Crippen LogP contribution is -2.49. The van der Waals surface area contributed by atoms with Crippen LogP contribution >= 0.6 is 0 Å². The zero-order chi connectivity index (χ0) is 14.5. The van der Waals surface area contributed by atoms with Crippen molar-refractivity contribution in [2.24, 2.45) is 11.8 Å². The van der Waals surface area contributed by atoms with Crippen LogP contribution in [0.4, 0.5) is 0 Å². The van der Waals surface area contributed by atoms with E-state index >= 15 is 0 Å². The summed E-state index contributed by atoms with van der Waals surface area (Å²) >= 11 is 0. The lowest BCUT2D eigenvalue weighted by molar-refractivity contribution is 0.264. The van der Waals surface area contributed by atoms with Gasteiger partial charge in [-0.25, -0.2) is 0 Å². The van der Waals surface area contributed by atoms with E-state index in [1.807, 2.05) is 20.8 Å². The van der Waals surface area contributed by atoms with Crippen molar-refractivity contribution >= 4 is 10.2 Å². The van der Waals surface area contributed by atoms with E-state index in [0.29, 0.717) is 24.9 Å². The number of nitrogens with zero attached hydrogens (tertiary/aromatic N) is 1. The maximum absolute atomic E-state index is 12.2. The molecule has 1 aliphatic rings. The van der Waals surface area contributed by atoms with Crippen LogP contribution < -0.4 is 10.0 Å². The summed E-state index contributed by atoms with van der Waals surface area (Å²) in [6.45, 7) is 11.3. The molecule has 0 spiro atoms. The molecule has 1 saturated heterocycles. The van der Waals surface area contributed by atoms with Gasteiger partial charge in [0.15, 0.2) is 0 Å². The van der Waals surface area contributed by atoms with E-state index in [-0.39, 0.29) is 6.04 Å². The Balaban J connectivity index is 2.45. The zero-order valence-electron chi connectivity index (χ0n) is 12.6. The van der Waals surface area contributed by atoms with Crippen molar-refractivity contribution in [3.8, 4) is 0 Å². The number of hydrogen-bond acceptors (Lipinski definition) is 3. The fourth-order valence-corrected chi connectivity index (χ4v) is 3.73. The summed E-state index contributed by atoms with van der Waals surface area (Å²) in [5.74, 6) is 0.912. The third-order valence-corrected chi connectivity index (χ3v) is 5.65. The summed E-state index contributed by atoms with van der Waals surface area (Å²) in [7, 11) is -3.31. The van der Waals surface area contributed by atoms with E-state index in [1.165, 1.54) is 0 Å². The van der Waals surface area contributed by atoms with E-state index in [2.05, 4.69) is 17.0 Å². The van der Waals surface area contributed by atoms with Crippen molar-refractivity contribution in [2.75, 3.05) is 26.2 Å². The smallest absolute Gasteiger partial charge is 0.279 e. The van der Waals surface area contributed by atoms with Crippen LogP contribution in [0.5, 0.6) is 0 Å². The second-order valence-electron chi connectivity index (χ2n) is 5.81. The maximum atomic E-state index is 12.2. The molecule has 114 valence electrons. The minimum absolute atomic E-state index is 0.0236. The van der Waals surface area contributed by atoms with Gasteiger partial charge in [0.1, 0.15) is 0 Å². The number of nitrogens with one attached hydrogen (secondary N) is 2. The molecular formula is C13H29N3O2S. The highest BCUT2D eigenvalue weighted by Crippen LogP contribution is 2.19. The molecule has 1 aliphatic heterocycles. The first kappa shape index (κ1) is 16.9. The summed E-state index contributed by atoms with van der Waals surface area (Å²) in [5, 5.41) is 3.34.